The van der Waals surface area contributed by atoms with Crippen molar-refractivity contribution in [2.45, 2.75) is 63.9 Å². The highest BCUT2D eigenvalue weighted by atomic mass is 32.2. The van der Waals surface area contributed by atoms with Crippen LogP contribution in [0.15, 0.2) is 17.3 Å². The summed E-state index contributed by atoms with van der Waals surface area (Å²) in [6.45, 7) is 6.62. The van der Waals surface area contributed by atoms with Gasteiger partial charge in [0.2, 0.25) is 10.0 Å². The second-order valence-corrected chi connectivity index (χ2v) is 6.26. The van der Waals surface area contributed by atoms with E-state index >= 15 is 0 Å². The molecule has 18 heavy (non-hydrogen) atoms. The largest absolute Gasteiger partial charge is 0.272 e. The topological polar surface area (TPSA) is 64.0 Å². The van der Waals surface area contributed by atoms with Crippen LogP contribution in [0.25, 0.3) is 0 Å². The normalized spacial score (nSPS) is 13.7. The van der Waals surface area contributed by atoms with Gasteiger partial charge in [0.25, 0.3) is 0 Å². The van der Waals surface area contributed by atoms with Gasteiger partial charge in [-0.25, -0.2) is 13.1 Å². The standard InChI is InChI=1S/C12H23N3O2S/c1-4-6-7-8-11(3)14-18(16,17)12-9-13-15(5-2)10-12/h9-11,14H,4-8H2,1-3H3. The minimum Gasteiger partial charge on any atom is -0.272 e. The number of nitrogens with zero attached hydrogens (tertiary/aromatic N) is 2. The second kappa shape index (κ2) is 6.89. The Morgan fingerprint density at radius 3 is 2.67 bits per heavy atom. The lowest BCUT2D eigenvalue weighted by Gasteiger charge is -2.12. The molecule has 6 heteroatoms. The van der Waals surface area contributed by atoms with Crippen molar-refractivity contribution >= 4 is 10.0 Å². The van der Waals surface area contributed by atoms with E-state index in [0.29, 0.717) is 6.54 Å². The molecule has 1 heterocycles. The molecule has 1 unspecified atom stereocenters. The van der Waals surface area contributed by atoms with Gasteiger partial charge in [0.1, 0.15) is 4.90 Å². The number of unbranched alkanes of at least 4 members (excludes halogenated alkanes) is 2. The summed E-state index contributed by atoms with van der Waals surface area (Å²) >= 11 is 0. The molecule has 0 aliphatic carbocycles. The molecule has 1 rings (SSSR count). The van der Waals surface area contributed by atoms with Gasteiger partial charge in [-0.2, -0.15) is 5.10 Å². The van der Waals surface area contributed by atoms with E-state index in [0.717, 1.165) is 25.7 Å². The molecule has 0 spiro atoms. The van der Waals surface area contributed by atoms with Crippen LogP contribution in [0.4, 0.5) is 0 Å². The van der Waals surface area contributed by atoms with Crippen LogP contribution in [-0.2, 0) is 16.6 Å². The quantitative estimate of drug-likeness (QED) is 0.738. The van der Waals surface area contributed by atoms with Crippen LogP contribution in [0.5, 0.6) is 0 Å². The number of aromatic nitrogens is 2. The predicted octanol–water partition coefficient (Wildman–Crippen LogP) is 2.15. The molecular formula is C12H23N3O2S. The minimum absolute atomic E-state index is 0.0356. The van der Waals surface area contributed by atoms with Gasteiger partial charge in [-0.05, 0) is 20.3 Å². The van der Waals surface area contributed by atoms with E-state index in [-0.39, 0.29) is 10.9 Å². The number of aryl methyl sites for hydroxylation is 1. The van der Waals surface area contributed by atoms with Gasteiger partial charge in [-0.1, -0.05) is 26.2 Å². The van der Waals surface area contributed by atoms with Crippen molar-refractivity contribution < 1.29 is 8.42 Å². The van der Waals surface area contributed by atoms with Crippen molar-refractivity contribution in [2.24, 2.45) is 0 Å². The Morgan fingerprint density at radius 2 is 2.11 bits per heavy atom. The molecule has 0 amide bonds. The number of sulfonamides is 1. The Balaban J connectivity index is 2.58. The van der Waals surface area contributed by atoms with Crippen molar-refractivity contribution in [3.05, 3.63) is 12.4 Å². The molecule has 1 aromatic rings. The zero-order chi connectivity index (χ0) is 13.6. The van der Waals surface area contributed by atoms with Crippen molar-refractivity contribution in [3.8, 4) is 0 Å². The van der Waals surface area contributed by atoms with Crippen LogP contribution in [0, 0.1) is 0 Å². The zero-order valence-corrected chi connectivity index (χ0v) is 12.2. The van der Waals surface area contributed by atoms with Gasteiger partial charge in [-0.15, -0.1) is 0 Å². The van der Waals surface area contributed by atoms with Crippen molar-refractivity contribution in [1.29, 1.82) is 0 Å². The molecule has 0 aliphatic rings. The molecule has 0 saturated heterocycles. The minimum atomic E-state index is -3.42. The van der Waals surface area contributed by atoms with Crippen LogP contribution < -0.4 is 4.72 Å². The summed E-state index contributed by atoms with van der Waals surface area (Å²) in [5, 5.41) is 3.98. The summed E-state index contributed by atoms with van der Waals surface area (Å²) in [4.78, 5) is 0.242. The monoisotopic (exact) mass is 273 g/mol. The highest BCUT2D eigenvalue weighted by molar-refractivity contribution is 7.89. The van der Waals surface area contributed by atoms with Gasteiger partial charge >= 0.3 is 0 Å². The first-order valence-electron chi connectivity index (χ1n) is 6.54. The summed E-state index contributed by atoms with van der Waals surface area (Å²) in [5.74, 6) is 0. The third-order valence-electron chi connectivity index (χ3n) is 2.84. The van der Waals surface area contributed by atoms with E-state index in [1.54, 1.807) is 10.9 Å². The van der Waals surface area contributed by atoms with Gasteiger partial charge in [0.05, 0.1) is 6.20 Å². The van der Waals surface area contributed by atoms with Crippen LogP contribution in [0.2, 0.25) is 0 Å². The van der Waals surface area contributed by atoms with Gasteiger partial charge in [0, 0.05) is 18.8 Å². The number of hydrogen-bond donors (Lipinski definition) is 1. The number of rotatable bonds is 8. The first kappa shape index (κ1) is 15.2. The van der Waals surface area contributed by atoms with Crippen LogP contribution in [-0.4, -0.2) is 24.2 Å². The highest BCUT2D eigenvalue weighted by Crippen LogP contribution is 2.10. The van der Waals surface area contributed by atoms with E-state index in [1.165, 1.54) is 6.20 Å². The van der Waals surface area contributed by atoms with E-state index in [2.05, 4.69) is 16.7 Å². The lowest BCUT2D eigenvalue weighted by Crippen LogP contribution is -2.32. The Hall–Kier alpha value is -0.880. The summed E-state index contributed by atoms with van der Waals surface area (Å²) < 4.78 is 28.4. The Morgan fingerprint density at radius 1 is 1.39 bits per heavy atom. The smallest absolute Gasteiger partial charge is 0.243 e. The molecule has 1 atom stereocenters. The van der Waals surface area contributed by atoms with Crippen LogP contribution in [0.3, 0.4) is 0 Å². The van der Waals surface area contributed by atoms with Gasteiger partial charge in [-0.3, -0.25) is 4.68 Å². The fourth-order valence-corrected chi connectivity index (χ4v) is 2.98. The molecule has 1 aromatic heterocycles. The van der Waals surface area contributed by atoms with Gasteiger partial charge < -0.3 is 0 Å². The molecule has 0 aliphatic heterocycles. The van der Waals surface area contributed by atoms with E-state index < -0.39 is 10.0 Å². The third-order valence-corrected chi connectivity index (χ3v) is 4.38. The predicted molar refractivity (Wildman–Crippen MR) is 71.8 cm³/mol. The van der Waals surface area contributed by atoms with Gasteiger partial charge in [0.15, 0.2) is 0 Å². The molecular weight excluding hydrogens is 250 g/mol. The Bertz CT molecular complexity index is 454. The van der Waals surface area contributed by atoms with E-state index in [9.17, 15) is 8.42 Å². The Labute approximate surface area is 110 Å². The van der Waals surface area contributed by atoms with E-state index in [4.69, 9.17) is 0 Å². The summed E-state index contributed by atoms with van der Waals surface area (Å²) in [7, 11) is -3.42. The first-order chi connectivity index (χ1) is 8.49. The lowest BCUT2D eigenvalue weighted by atomic mass is 10.1. The number of nitrogens with one attached hydrogen (secondary N) is 1. The lowest BCUT2D eigenvalue weighted by molar-refractivity contribution is 0.527. The molecule has 0 fully saturated rings. The molecule has 104 valence electrons. The second-order valence-electron chi connectivity index (χ2n) is 4.55. The average molecular weight is 273 g/mol. The fraction of sp³-hybridized carbons (Fsp3) is 0.750. The van der Waals surface area contributed by atoms with Crippen molar-refractivity contribution in [1.82, 2.24) is 14.5 Å². The maximum Gasteiger partial charge on any atom is 0.243 e. The molecule has 5 nitrogen and oxygen atoms in total. The van der Waals surface area contributed by atoms with Crippen LogP contribution >= 0.6 is 0 Å². The Kier molecular flexibility index (Phi) is 5.81. The van der Waals surface area contributed by atoms with Crippen molar-refractivity contribution in [2.75, 3.05) is 0 Å². The fourth-order valence-electron chi connectivity index (χ4n) is 1.75. The maximum atomic E-state index is 12.0. The van der Waals surface area contributed by atoms with Crippen LogP contribution in [0.1, 0.15) is 46.5 Å². The zero-order valence-electron chi connectivity index (χ0n) is 11.4. The summed E-state index contributed by atoms with van der Waals surface area (Å²) in [6.07, 6.45) is 7.15. The average Bonchev–Trinajstić information content (AvgIpc) is 2.78. The molecule has 0 bridgehead atoms. The molecule has 0 saturated carbocycles. The molecule has 0 radical (unpaired) electrons. The third kappa shape index (κ3) is 4.42. The molecule has 0 aromatic carbocycles. The summed E-state index contributed by atoms with van der Waals surface area (Å²) in [6, 6.07) is -0.0356. The first-order valence-corrected chi connectivity index (χ1v) is 8.02. The number of hydrogen-bond acceptors (Lipinski definition) is 3. The SMILES string of the molecule is CCCCCC(C)NS(=O)(=O)c1cnn(CC)c1. The maximum absolute atomic E-state index is 12.0. The molecule has 1 N–H and O–H groups in total. The summed E-state index contributed by atoms with van der Waals surface area (Å²) in [5.41, 5.74) is 0. The van der Waals surface area contributed by atoms with E-state index in [1.807, 2.05) is 13.8 Å². The highest BCUT2D eigenvalue weighted by Gasteiger charge is 2.18. The van der Waals surface area contributed by atoms with Crippen molar-refractivity contribution in [3.63, 3.8) is 0 Å².